The SMILES string of the molecule is Cc1cc(C(=O)C[C@H](C)C(F)(F)F)nc2c1N1CC[C@@H](C1)N2C(=O)Nc1ccc(OC[C@@H](O)CO)cn1.Cc1cc(C(=O)C[C@H](C)C(F)(F)F)nc2c1N1CC[C@@H](C1)N2C(=O)Nc1ccccn1.Cc1ccc2c(NC(=O)N3c4nc(C(=O)C[C@H](C)C(F)(F)F)cc(C)c4N4CC[C@H]3C4)n[nH]c2n1. The molecule has 3 fully saturated rings. The van der Waals surface area contributed by atoms with E-state index in [0.717, 1.165) is 45.1 Å². The number of nitrogens with zero attached hydrogens (tertiary/aromatic N) is 13. The van der Waals surface area contributed by atoms with Crippen LogP contribution in [0.1, 0.15) is 113 Å². The predicted octanol–water partition coefficient (Wildman–Crippen LogP) is 11.5. The van der Waals surface area contributed by atoms with E-state index in [1.165, 1.54) is 51.2 Å². The Bertz CT molecular complexity index is 4380. The predicted molar refractivity (Wildman–Crippen MR) is 361 cm³/mol. The number of anilines is 9. The summed E-state index contributed by atoms with van der Waals surface area (Å²) in [6.07, 6.45) is -11.6. The number of hydrogen-bond acceptors (Lipinski definition) is 19. The molecule has 0 radical (unpaired) electrons. The molecule has 103 heavy (non-hydrogen) atoms. The zero-order valence-electron chi connectivity index (χ0n) is 56.8. The van der Waals surface area contributed by atoms with Crippen LogP contribution in [0.5, 0.6) is 5.75 Å². The summed E-state index contributed by atoms with van der Waals surface area (Å²) in [6, 6.07) is 14.2. The molecule has 6 aliphatic heterocycles. The molecule has 7 aromatic rings. The molecule has 0 spiro atoms. The highest BCUT2D eigenvalue weighted by molar-refractivity contribution is 6.10. The van der Waals surface area contributed by atoms with Crippen molar-refractivity contribution in [2.24, 2.45) is 17.8 Å². The van der Waals surface area contributed by atoms with Crippen LogP contribution in [0.25, 0.3) is 11.0 Å². The first-order valence-electron chi connectivity index (χ1n) is 33.2. The second-order valence-electron chi connectivity index (χ2n) is 26.4. The molecule has 6 N–H and O–H groups in total. The van der Waals surface area contributed by atoms with Crippen molar-refractivity contribution >= 4 is 98.4 Å². The van der Waals surface area contributed by atoms with Gasteiger partial charge in [0.1, 0.15) is 47.2 Å². The van der Waals surface area contributed by atoms with E-state index in [0.29, 0.717) is 108 Å². The maximum atomic E-state index is 13.5. The van der Waals surface area contributed by atoms with Gasteiger partial charge in [0.05, 0.1) is 71.1 Å². The van der Waals surface area contributed by atoms with E-state index in [9.17, 15) is 73.4 Å². The van der Waals surface area contributed by atoms with E-state index in [2.05, 4.69) is 70.8 Å². The number of aromatic nitrogens is 8. The maximum Gasteiger partial charge on any atom is 0.391 e. The lowest BCUT2D eigenvalue weighted by Crippen LogP contribution is -2.48. The summed E-state index contributed by atoms with van der Waals surface area (Å²) < 4.78 is 122. The van der Waals surface area contributed by atoms with E-state index in [1.54, 1.807) is 51.2 Å². The normalized spacial score (nSPS) is 18.3. The topological polar surface area (TPSA) is 314 Å². The van der Waals surface area contributed by atoms with Gasteiger partial charge in [0.15, 0.2) is 46.3 Å². The number of amides is 6. The largest absolute Gasteiger partial charge is 0.489 e. The molecule has 6 bridgehead atoms. The third-order valence-corrected chi connectivity index (χ3v) is 18.7. The van der Waals surface area contributed by atoms with E-state index in [1.807, 2.05) is 13.0 Å². The number of carbonyl (C=O) groups is 6. The Kier molecular flexibility index (Phi) is 21.2. The van der Waals surface area contributed by atoms with Gasteiger partial charge in [0.25, 0.3) is 0 Å². The van der Waals surface area contributed by atoms with Crippen molar-refractivity contribution in [2.45, 2.75) is 130 Å². The van der Waals surface area contributed by atoms with Crippen molar-refractivity contribution in [2.75, 3.05) is 97.8 Å². The average Bonchev–Trinajstić information content (AvgIpc) is 1.60. The number of aromatic amines is 1. The number of aliphatic hydroxyl groups is 2. The highest BCUT2D eigenvalue weighted by Crippen LogP contribution is 2.46. The number of aryl methyl sites for hydroxylation is 4. The number of carbonyl (C=O) groups excluding carboxylic acids is 6. The number of urea groups is 3. The number of rotatable bonds is 16. The maximum absolute atomic E-state index is 13.5. The van der Waals surface area contributed by atoms with Crippen molar-refractivity contribution in [3.8, 4) is 5.75 Å². The summed E-state index contributed by atoms with van der Waals surface area (Å²) in [4.78, 5) is 114. The molecule has 0 aliphatic carbocycles. The van der Waals surface area contributed by atoms with Crippen LogP contribution >= 0.6 is 0 Å². The summed E-state index contributed by atoms with van der Waals surface area (Å²) in [5.74, 6) is -5.53. The van der Waals surface area contributed by atoms with Gasteiger partial charge in [-0.15, -0.1) is 0 Å². The first kappa shape index (κ1) is 73.9. The standard InChI is InChI=1S/C24H28F3N5O5.C23H24F3N7O2.C21H22F3N5O2/c1-13-7-18(19(35)8-14(2)24(25,26)27)29-22-21(13)31-6-5-15(10-31)32(22)23(36)30-20-4-3-17(9-28-20)37-12-16(34)11-33;1-11-8-16(17(34)9-12(2)23(24,25)26)28-21-18(11)32-7-6-14(10-32)33(21)22(35)29-20-15-5-4-13(3)27-19(15)30-31-20;1-12-9-15(16(30)10-13(2)21(22,23)24)26-19-18(12)28-8-6-14(11-28)29(19)20(31)27-17-5-3-4-7-25-17/h3-4,7,9,14-16,33-34H,5-6,8,10-12H2,1-2H3,(H,28,30,36);4-5,8,12,14H,6-7,9-10H2,1-3H3,(H2,27,29,30,31,35);3-5,7,9,13-14H,6,8,10-11H2,1-2H3,(H,25,27,31)/t14-,15-,16-;12-,14-;13-,14-/m000/s1. The van der Waals surface area contributed by atoms with Gasteiger partial charge in [0, 0.05) is 70.4 Å². The van der Waals surface area contributed by atoms with E-state index >= 15 is 0 Å². The summed E-state index contributed by atoms with van der Waals surface area (Å²) in [6.45, 7) is 13.4. The van der Waals surface area contributed by atoms with Gasteiger partial charge in [-0.3, -0.25) is 50.1 Å². The van der Waals surface area contributed by atoms with Crippen molar-refractivity contribution in [3.05, 3.63) is 113 Å². The Morgan fingerprint density at radius 2 is 0.981 bits per heavy atom. The van der Waals surface area contributed by atoms with Crippen LogP contribution in [0.3, 0.4) is 0 Å². The minimum Gasteiger partial charge on any atom is -0.489 e. The Morgan fingerprint density at radius 3 is 1.36 bits per heavy atom. The second-order valence-corrected chi connectivity index (χ2v) is 26.4. The van der Waals surface area contributed by atoms with Gasteiger partial charge in [0.2, 0.25) is 0 Å². The van der Waals surface area contributed by atoms with E-state index < -0.39 is 104 Å². The molecule has 0 saturated carbocycles. The molecule has 26 nitrogen and oxygen atoms in total. The van der Waals surface area contributed by atoms with Gasteiger partial charge in [-0.1, -0.05) is 26.8 Å². The molecule has 13 rings (SSSR count). The van der Waals surface area contributed by atoms with Gasteiger partial charge in [-0.25, -0.2) is 44.3 Å². The van der Waals surface area contributed by atoms with Crippen LogP contribution < -0.4 is 50.1 Å². The molecule has 7 aromatic heterocycles. The number of pyridine rings is 6. The van der Waals surface area contributed by atoms with Crippen LogP contribution in [-0.2, 0) is 0 Å². The average molecular weight is 1440 g/mol. The summed E-state index contributed by atoms with van der Waals surface area (Å²) in [5.41, 5.74) is 5.21. The molecule has 3 saturated heterocycles. The van der Waals surface area contributed by atoms with Gasteiger partial charge in [-0.05, 0) is 118 Å². The molecule has 7 atom stereocenters. The number of nitrogens with one attached hydrogen (secondary N) is 4. The van der Waals surface area contributed by atoms with Crippen molar-refractivity contribution in [1.82, 2.24) is 40.1 Å². The van der Waals surface area contributed by atoms with Crippen LogP contribution in [-0.4, -0.2) is 181 Å². The van der Waals surface area contributed by atoms with Crippen LogP contribution in [0, 0.1) is 45.4 Å². The zero-order valence-corrected chi connectivity index (χ0v) is 56.8. The highest BCUT2D eigenvalue weighted by Gasteiger charge is 2.47. The molecule has 6 amide bonds. The highest BCUT2D eigenvalue weighted by atomic mass is 19.4. The Balaban J connectivity index is 0.000000156. The van der Waals surface area contributed by atoms with Gasteiger partial charge in [-0.2, -0.15) is 44.6 Å². The molecule has 548 valence electrons. The Morgan fingerprint density at radius 1 is 0.563 bits per heavy atom. The molecule has 13 heterocycles. The second kappa shape index (κ2) is 29.6. The number of alkyl halides is 9. The minimum absolute atomic E-state index is 0.0644. The fourth-order valence-corrected chi connectivity index (χ4v) is 13.1. The smallest absolute Gasteiger partial charge is 0.391 e. The van der Waals surface area contributed by atoms with E-state index in [-0.39, 0.29) is 59.3 Å². The molecule has 35 heteroatoms. The zero-order chi connectivity index (χ0) is 74.3. The number of halogens is 9. The fraction of sp³-hybridized carbons (Fsp3) is 0.456. The third kappa shape index (κ3) is 16.1. The van der Waals surface area contributed by atoms with Gasteiger partial charge < -0.3 is 29.6 Å². The molecule has 6 aliphatic rings. The van der Waals surface area contributed by atoms with Crippen molar-refractivity contribution < 1.29 is 83.2 Å². The molecular weight excluding hydrogens is 1370 g/mol. The van der Waals surface area contributed by atoms with Crippen LogP contribution in [0.15, 0.2) is 73.1 Å². The number of aliphatic hydroxyl groups excluding tert-OH is 2. The number of ketones is 3. The molecule has 0 unspecified atom stereocenters. The van der Waals surface area contributed by atoms with Gasteiger partial charge >= 0.3 is 36.6 Å². The number of H-pyrrole nitrogens is 1. The number of fused-ring (bicyclic) bond motifs is 13. The fourth-order valence-electron chi connectivity index (χ4n) is 13.1. The monoisotopic (exact) mass is 1440 g/mol. The number of Topliss-reactive ketones (excluding diaryl/α,β-unsaturated/α-hetero) is 3. The van der Waals surface area contributed by atoms with Crippen molar-refractivity contribution in [3.63, 3.8) is 0 Å². The van der Waals surface area contributed by atoms with Crippen LogP contribution in [0.4, 0.5) is 106 Å². The lowest BCUT2D eigenvalue weighted by atomic mass is 10.0. The van der Waals surface area contributed by atoms with Crippen molar-refractivity contribution in [1.29, 1.82) is 0 Å². The Hall–Kier alpha value is -10.3. The summed E-state index contributed by atoms with van der Waals surface area (Å²) in [7, 11) is 0. The third-order valence-electron chi connectivity index (χ3n) is 18.7. The first-order valence-corrected chi connectivity index (χ1v) is 33.2. The Labute approximate surface area is 583 Å². The number of ether oxygens (including phenoxy) is 1. The first-order chi connectivity index (χ1) is 48.6. The van der Waals surface area contributed by atoms with Crippen LogP contribution in [0.2, 0.25) is 0 Å². The number of hydrogen-bond donors (Lipinski definition) is 6. The molecule has 0 aromatic carbocycles. The summed E-state index contributed by atoms with van der Waals surface area (Å²) >= 11 is 0. The molecular formula is C68H74F9N17O9. The summed E-state index contributed by atoms with van der Waals surface area (Å²) in [5, 5.41) is 34.1. The lowest BCUT2D eigenvalue weighted by molar-refractivity contribution is -0.169. The quantitative estimate of drug-likeness (QED) is 0.0387. The minimum atomic E-state index is -4.50. The van der Waals surface area contributed by atoms with E-state index in [4.69, 9.17) is 9.84 Å². The lowest BCUT2D eigenvalue weighted by Gasteiger charge is -2.36.